The number of halogens is 1. The Bertz CT molecular complexity index is 414. The van der Waals surface area contributed by atoms with Gasteiger partial charge in [-0.15, -0.1) is 0 Å². The maximum atomic E-state index is 8.91. The van der Waals surface area contributed by atoms with Crippen molar-refractivity contribution in [2.45, 2.75) is 19.8 Å². The minimum absolute atomic E-state index is 0.754. The van der Waals surface area contributed by atoms with E-state index >= 15 is 0 Å². The molecular weight excluding hydrogens is 252 g/mol. The van der Waals surface area contributed by atoms with Gasteiger partial charge in [0, 0.05) is 17.6 Å². The Kier molecular flexibility index (Phi) is 2.97. The first-order valence-corrected chi connectivity index (χ1v) is 5.97. The molecule has 2 rings (SSSR count). The fraction of sp³-hybridized carbons (Fsp3) is 0.417. The van der Waals surface area contributed by atoms with Crippen molar-refractivity contribution in [1.82, 2.24) is 0 Å². The third kappa shape index (κ3) is 2.00. The molecule has 0 spiro atoms. The number of rotatable bonds is 1. The highest BCUT2D eigenvalue weighted by molar-refractivity contribution is 9.10. The van der Waals surface area contributed by atoms with Crippen LogP contribution < -0.4 is 4.90 Å². The van der Waals surface area contributed by atoms with Gasteiger partial charge >= 0.3 is 0 Å². The zero-order chi connectivity index (χ0) is 10.8. The monoisotopic (exact) mass is 264 g/mol. The van der Waals surface area contributed by atoms with Gasteiger partial charge in [-0.1, -0.05) is 0 Å². The normalized spacial score (nSPS) is 15.4. The Labute approximate surface area is 98.6 Å². The van der Waals surface area contributed by atoms with E-state index in [1.807, 2.05) is 13.0 Å². The molecule has 1 aromatic rings. The second kappa shape index (κ2) is 4.24. The largest absolute Gasteiger partial charge is 0.371 e. The second-order valence-electron chi connectivity index (χ2n) is 3.92. The number of hydrogen-bond acceptors (Lipinski definition) is 2. The van der Waals surface area contributed by atoms with Crippen LogP contribution in [-0.2, 0) is 0 Å². The van der Waals surface area contributed by atoms with E-state index in [9.17, 15) is 0 Å². The lowest BCUT2D eigenvalue weighted by Crippen LogP contribution is -2.18. The summed E-state index contributed by atoms with van der Waals surface area (Å²) in [7, 11) is 0. The minimum atomic E-state index is 0.754. The van der Waals surface area contributed by atoms with Crippen LogP contribution in [0.2, 0.25) is 0 Å². The molecule has 0 saturated carbocycles. The molecule has 0 radical (unpaired) electrons. The van der Waals surface area contributed by atoms with Gasteiger partial charge in [0.15, 0.2) is 0 Å². The van der Waals surface area contributed by atoms with Crippen LogP contribution in [0.3, 0.4) is 0 Å². The van der Waals surface area contributed by atoms with Crippen molar-refractivity contribution in [2.24, 2.45) is 0 Å². The molecule has 0 aliphatic carbocycles. The molecule has 3 heteroatoms. The number of anilines is 1. The number of nitrogens with zero attached hydrogens (tertiary/aromatic N) is 2. The summed E-state index contributed by atoms with van der Waals surface area (Å²) >= 11 is 3.54. The molecule has 2 nitrogen and oxygen atoms in total. The molecule has 15 heavy (non-hydrogen) atoms. The van der Waals surface area contributed by atoms with Crippen molar-refractivity contribution in [3.8, 4) is 6.07 Å². The van der Waals surface area contributed by atoms with Crippen molar-refractivity contribution in [2.75, 3.05) is 18.0 Å². The summed E-state index contributed by atoms with van der Waals surface area (Å²) in [5, 5.41) is 8.91. The van der Waals surface area contributed by atoms with E-state index < -0.39 is 0 Å². The fourth-order valence-corrected chi connectivity index (χ4v) is 2.58. The molecule has 1 saturated heterocycles. The van der Waals surface area contributed by atoms with Crippen LogP contribution in [0.4, 0.5) is 5.69 Å². The van der Waals surface area contributed by atoms with Gasteiger partial charge in [0.1, 0.15) is 0 Å². The van der Waals surface area contributed by atoms with E-state index in [1.165, 1.54) is 18.5 Å². The highest BCUT2D eigenvalue weighted by Gasteiger charge is 2.16. The first-order valence-electron chi connectivity index (χ1n) is 5.17. The molecule has 0 aromatic heterocycles. The van der Waals surface area contributed by atoms with Crippen LogP contribution >= 0.6 is 15.9 Å². The molecular formula is C12H13BrN2. The predicted molar refractivity (Wildman–Crippen MR) is 65.0 cm³/mol. The Morgan fingerprint density at radius 1 is 1.33 bits per heavy atom. The van der Waals surface area contributed by atoms with Crippen molar-refractivity contribution >= 4 is 21.6 Å². The Morgan fingerprint density at radius 3 is 2.60 bits per heavy atom. The van der Waals surface area contributed by atoms with Crippen LogP contribution in [0.25, 0.3) is 0 Å². The molecule has 1 aliphatic heterocycles. The van der Waals surface area contributed by atoms with Gasteiger partial charge in [-0.25, -0.2) is 0 Å². The van der Waals surface area contributed by atoms with Crippen LogP contribution in [0, 0.1) is 18.3 Å². The van der Waals surface area contributed by atoms with Gasteiger partial charge in [-0.2, -0.15) is 5.26 Å². The van der Waals surface area contributed by atoms with Crippen molar-refractivity contribution < 1.29 is 0 Å². The highest BCUT2D eigenvalue weighted by atomic mass is 79.9. The van der Waals surface area contributed by atoms with E-state index in [-0.39, 0.29) is 0 Å². The van der Waals surface area contributed by atoms with E-state index in [0.29, 0.717) is 0 Å². The average molecular weight is 265 g/mol. The fourth-order valence-electron chi connectivity index (χ4n) is 1.99. The highest BCUT2D eigenvalue weighted by Crippen LogP contribution is 2.31. The SMILES string of the molecule is Cc1cc(N2CCCC2)c(Br)cc1C#N. The summed E-state index contributed by atoms with van der Waals surface area (Å²) in [5.74, 6) is 0. The van der Waals surface area contributed by atoms with Crippen LogP contribution in [0.15, 0.2) is 16.6 Å². The number of nitriles is 1. The van der Waals surface area contributed by atoms with Crippen molar-refractivity contribution in [3.05, 3.63) is 27.7 Å². The minimum Gasteiger partial charge on any atom is -0.371 e. The third-order valence-electron chi connectivity index (χ3n) is 2.86. The van der Waals surface area contributed by atoms with Crippen molar-refractivity contribution in [3.63, 3.8) is 0 Å². The molecule has 78 valence electrons. The van der Waals surface area contributed by atoms with Gasteiger partial charge in [0.05, 0.1) is 17.3 Å². The molecule has 1 aromatic carbocycles. The molecule has 0 atom stereocenters. The van der Waals surface area contributed by atoms with Gasteiger partial charge in [0.25, 0.3) is 0 Å². The molecule has 1 heterocycles. The third-order valence-corrected chi connectivity index (χ3v) is 3.50. The zero-order valence-electron chi connectivity index (χ0n) is 8.76. The van der Waals surface area contributed by atoms with Gasteiger partial charge in [-0.3, -0.25) is 0 Å². The van der Waals surface area contributed by atoms with Crippen LogP contribution in [-0.4, -0.2) is 13.1 Å². The van der Waals surface area contributed by atoms with E-state index in [4.69, 9.17) is 5.26 Å². The molecule has 1 fully saturated rings. The molecule has 0 N–H and O–H groups in total. The number of aryl methyl sites for hydroxylation is 1. The lowest BCUT2D eigenvalue weighted by Gasteiger charge is -2.20. The summed E-state index contributed by atoms with van der Waals surface area (Å²) in [6.07, 6.45) is 2.54. The van der Waals surface area contributed by atoms with E-state index in [0.717, 1.165) is 28.7 Å². The van der Waals surface area contributed by atoms with Crippen LogP contribution in [0.1, 0.15) is 24.0 Å². The van der Waals surface area contributed by atoms with Crippen LogP contribution in [0.5, 0.6) is 0 Å². The average Bonchev–Trinajstić information content (AvgIpc) is 2.74. The van der Waals surface area contributed by atoms with E-state index in [1.54, 1.807) is 0 Å². The van der Waals surface area contributed by atoms with Crippen molar-refractivity contribution in [1.29, 1.82) is 5.26 Å². The van der Waals surface area contributed by atoms with Gasteiger partial charge in [0.2, 0.25) is 0 Å². The summed E-state index contributed by atoms with van der Waals surface area (Å²) in [6, 6.07) is 6.23. The quantitative estimate of drug-likeness (QED) is 0.779. The number of hydrogen-bond donors (Lipinski definition) is 0. The second-order valence-corrected chi connectivity index (χ2v) is 4.78. The first-order chi connectivity index (χ1) is 7.22. The Morgan fingerprint density at radius 2 is 2.00 bits per heavy atom. The first kappa shape index (κ1) is 10.5. The number of benzene rings is 1. The maximum absolute atomic E-state index is 8.91. The lowest BCUT2D eigenvalue weighted by atomic mass is 10.1. The zero-order valence-corrected chi connectivity index (χ0v) is 10.3. The van der Waals surface area contributed by atoms with Gasteiger partial charge < -0.3 is 4.90 Å². The predicted octanol–water partition coefficient (Wildman–Crippen LogP) is 3.23. The summed E-state index contributed by atoms with van der Waals surface area (Å²) < 4.78 is 1.03. The molecule has 1 aliphatic rings. The molecule has 0 unspecified atom stereocenters. The van der Waals surface area contributed by atoms with Gasteiger partial charge in [-0.05, 0) is 53.4 Å². The smallest absolute Gasteiger partial charge is 0.0994 e. The standard InChI is InChI=1S/C12H13BrN2/c1-9-6-12(15-4-2-3-5-15)11(13)7-10(9)8-14/h6-7H,2-5H2,1H3. The summed E-state index contributed by atoms with van der Waals surface area (Å²) in [4.78, 5) is 2.37. The molecule has 0 bridgehead atoms. The lowest BCUT2D eigenvalue weighted by molar-refractivity contribution is 0.949. The maximum Gasteiger partial charge on any atom is 0.0994 e. The topological polar surface area (TPSA) is 27.0 Å². The molecule has 0 amide bonds. The van der Waals surface area contributed by atoms with E-state index in [2.05, 4.69) is 33.0 Å². The Balaban J connectivity index is 2.40. The summed E-state index contributed by atoms with van der Waals surface area (Å²) in [5.41, 5.74) is 3.04. The Hall–Kier alpha value is -1.01. The summed E-state index contributed by atoms with van der Waals surface area (Å²) in [6.45, 7) is 4.25.